The Morgan fingerprint density at radius 3 is 2.50 bits per heavy atom. The summed E-state index contributed by atoms with van der Waals surface area (Å²) in [4.78, 5) is 4.61. The summed E-state index contributed by atoms with van der Waals surface area (Å²) in [5.41, 5.74) is 3.29. The van der Waals surface area contributed by atoms with Gasteiger partial charge in [0, 0.05) is 5.69 Å². The third kappa shape index (κ3) is 2.99. The SMILES string of the molecule is CNC(c1ccc(OC2CC2)cc1)c1cccc(C)n1. The van der Waals surface area contributed by atoms with Crippen LogP contribution in [-0.2, 0) is 0 Å². The van der Waals surface area contributed by atoms with Crippen LogP contribution in [0.4, 0.5) is 0 Å². The average Bonchev–Trinajstić information content (AvgIpc) is 3.26. The summed E-state index contributed by atoms with van der Waals surface area (Å²) >= 11 is 0. The Hall–Kier alpha value is -1.87. The smallest absolute Gasteiger partial charge is 0.119 e. The zero-order valence-corrected chi connectivity index (χ0v) is 12.0. The van der Waals surface area contributed by atoms with Crippen LogP contribution < -0.4 is 10.1 Å². The van der Waals surface area contributed by atoms with Gasteiger partial charge >= 0.3 is 0 Å². The molecule has 0 amide bonds. The van der Waals surface area contributed by atoms with Crippen LogP contribution in [0.3, 0.4) is 0 Å². The molecule has 1 unspecified atom stereocenters. The number of aryl methyl sites for hydroxylation is 1. The fourth-order valence-electron chi connectivity index (χ4n) is 2.33. The number of pyridine rings is 1. The molecule has 104 valence electrons. The Kier molecular flexibility index (Phi) is 3.70. The van der Waals surface area contributed by atoms with E-state index >= 15 is 0 Å². The summed E-state index contributed by atoms with van der Waals surface area (Å²) in [6, 6.07) is 14.6. The number of hydrogen-bond donors (Lipinski definition) is 1. The van der Waals surface area contributed by atoms with Crippen molar-refractivity contribution < 1.29 is 4.74 Å². The van der Waals surface area contributed by atoms with Crippen molar-refractivity contribution in [1.82, 2.24) is 10.3 Å². The van der Waals surface area contributed by atoms with E-state index in [-0.39, 0.29) is 6.04 Å². The van der Waals surface area contributed by atoms with Gasteiger partial charge in [0.15, 0.2) is 0 Å². The van der Waals surface area contributed by atoms with Gasteiger partial charge in [0.1, 0.15) is 5.75 Å². The van der Waals surface area contributed by atoms with Crippen LogP contribution in [0.5, 0.6) is 5.75 Å². The van der Waals surface area contributed by atoms with E-state index in [1.54, 1.807) is 0 Å². The van der Waals surface area contributed by atoms with Gasteiger partial charge in [-0.15, -0.1) is 0 Å². The fraction of sp³-hybridized carbons (Fsp3) is 0.353. The van der Waals surface area contributed by atoms with Crippen LogP contribution in [0, 0.1) is 6.92 Å². The number of ether oxygens (including phenoxy) is 1. The van der Waals surface area contributed by atoms with E-state index in [0.29, 0.717) is 6.10 Å². The molecular formula is C17H20N2O. The molecule has 1 aromatic heterocycles. The molecule has 0 saturated heterocycles. The Morgan fingerprint density at radius 1 is 1.15 bits per heavy atom. The second-order valence-corrected chi connectivity index (χ2v) is 5.31. The monoisotopic (exact) mass is 268 g/mol. The number of benzene rings is 1. The van der Waals surface area contributed by atoms with Gasteiger partial charge in [-0.3, -0.25) is 4.98 Å². The van der Waals surface area contributed by atoms with Crippen molar-refractivity contribution in [2.24, 2.45) is 0 Å². The molecule has 1 heterocycles. The van der Waals surface area contributed by atoms with Crippen molar-refractivity contribution in [2.45, 2.75) is 31.9 Å². The van der Waals surface area contributed by atoms with Crippen molar-refractivity contribution in [1.29, 1.82) is 0 Å². The molecule has 3 heteroatoms. The molecule has 3 rings (SSSR count). The second kappa shape index (κ2) is 5.63. The highest BCUT2D eigenvalue weighted by Crippen LogP contribution is 2.28. The maximum atomic E-state index is 5.78. The molecule has 0 spiro atoms. The van der Waals surface area contributed by atoms with E-state index in [2.05, 4.69) is 28.5 Å². The molecule has 1 N–H and O–H groups in total. The largest absolute Gasteiger partial charge is 0.490 e. The topological polar surface area (TPSA) is 34.1 Å². The first-order chi connectivity index (χ1) is 9.76. The molecule has 0 radical (unpaired) electrons. The minimum absolute atomic E-state index is 0.116. The van der Waals surface area contributed by atoms with E-state index in [4.69, 9.17) is 4.74 Å². The number of aromatic nitrogens is 1. The summed E-state index contributed by atoms with van der Waals surface area (Å²) in [6.45, 7) is 2.02. The first-order valence-corrected chi connectivity index (χ1v) is 7.13. The van der Waals surface area contributed by atoms with E-state index in [9.17, 15) is 0 Å². The third-order valence-electron chi connectivity index (χ3n) is 3.53. The highest BCUT2D eigenvalue weighted by atomic mass is 16.5. The normalized spacial score (nSPS) is 15.9. The van der Waals surface area contributed by atoms with Gasteiger partial charge in [0.2, 0.25) is 0 Å². The lowest BCUT2D eigenvalue weighted by atomic mass is 10.0. The Labute approximate surface area is 120 Å². The van der Waals surface area contributed by atoms with E-state index in [1.165, 1.54) is 18.4 Å². The molecule has 1 saturated carbocycles. The van der Waals surface area contributed by atoms with E-state index in [0.717, 1.165) is 17.1 Å². The molecule has 1 aliphatic carbocycles. The van der Waals surface area contributed by atoms with Crippen molar-refractivity contribution in [3.8, 4) is 5.75 Å². The molecule has 0 aliphatic heterocycles. The molecule has 3 nitrogen and oxygen atoms in total. The summed E-state index contributed by atoms with van der Waals surface area (Å²) in [7, 11) is 1.96. The van der Waals surface area contributed by atoms with Gasteiger partial charge in [0.25, 0.3) is 0 Å². The summed E-state index contributed by atoms with van der Waals surface area (Å²) < 4.78 is 5.78. The minimum Gasteiger partial charge on any atom is -0.490 e. The molecule has 1 aromatic carbocycles. The van der Waals surface area contributed by atoms with Crippen LogP contribution in [0.25, 0.3) is 0 Å². The lowest BCUT2D eigenvalue weighted by molar-refractivity contribution is 0.303. The maximum absolute atomic E-state index is 5.78. The molecule has 1 fully saturated rings. The number of rotatable bonds is 5. The Bertz CT molecular complexity index is 576. The number of nitrogens with one attached hydrogen (secondary N) is 1. The highest BCUT2D eigenvalue weighted by molar-refractivity contribution is 5.33. The van der Waals surface area contributed by atoms with Gasteiger partial charge in [-0.2, -0.15) is 0 Å². The first kappa shape index (κ1) is 13.1. The Balaban J connectivity index is 1.81. The van der Waals surface area contributed by atoms with Crippen LogP contribution in [-0.4, -0.2) is 18.1 Å². The molecule has 1 atom stereocenters. The van der Waals surface area contributed by atoms with Gasteiger partial charge in [-0.1, -0.05) is 18.2 Å². The lowest BCUT2D eigenvalue weighted by Crippen LogP contribution is -2.19. The van der Waals surface area contributed by atoms with Gasteiger partial charge in [-0.05, 0) is 56.6 Å². The zero-order valence-electron chi connectivity index (χ0n) is 12.0. The molecule has 1 aliphatic rings. The van der Waals surface area contributed by atoms with Crippen molar-refractivity contribution >= 4 is 0 Å². The van der Waals surface area contributed by atoms with Gasteiger partial charge in [-0.25, -0.2) is 0 Å². The predicted molar refractivity (Wildman–Crippen MR) is 80.0 cm³/mol. The molecule has 20 heavy (non-hydrogen) atoms. The number of nitrogens with zero attached hydrogens (tertiary/aromatic N) is 1. The summed E-state index contributed by atoms with van der Waals surface area (Å²) in [5, 5.41) is 3.33. The third-order valence-corrected chi connectivity index (χ3v) is 3.53. The highest BCUT2D eigenvalue weighted by Gasteiger charge is 2.23. The van der Waals surface area contributed by atoms with Crippen LogP contribution in [0.1, 0.15) is 35.8 Å². The zero-order chi connectivity index (χ0) is 13.9. The van der Waals surface area contributed by atoms with Gasteiger partial charge in [0.05, 0.1) is 17.8 Å². The summed E-state index contributed by atoms with van der Waals surface area (Å²) in [6.07, 6.45) is 2.82. The number of hydrogen-bond acceptors (Lipinski definition) is 3. The lowest BCUT2D eigenvalue weighted by Gasteiger charge is -2.17. The maximum Gasteiger partial charge on any atom is 0.119 e. The fourth-order valence-corrected chi connectivity index (χ4v) is 2.33. The molecular weight excluding hydrogens is 248 g/mol. The quantitative estimate of drug-likeness (QED) is 0.904. The molecule has 2 aromatic rings. The summed E-state index contributed by atoms with van der Waals surface area (Å²) in [5.74, 6) is 0.961. The van der Waals surface area contributed by atoms with Crippen molar-refractivity contribution in [3.63, 3.8) is 0 Å². The first-order valence-electron chi connectivity index (χ1n) is 7.13. The standard InChI is InChI=1S/C17H20N2O/c1-12-4-3-5-16(19-12)17(18-2)13-6-8-14(9-7-13)20-15-10-11-15/h3-9,15,17-18H,10-11H2,1-2H3. The van der Waals surface area contributed by atoms with E-state index < -0.39 is 0 Å². The average molecular weight is 268 g/mol. The van der Waals surface area contributed by atoms with Crippen LogP contribution in [0.2, 0.25) is 0 Å². The Morgan fingerprint density at radius 2 is 1.90 bits per heavy atom. The minimum atomic E-state index is 0.116. The second-order valence-electron chi connectivity index (χ2n) is 5.31. The van der Waals surface area contributed by atoms with Crippen molar-refractivity contribution in [3.05, 3.63) is 59.4 Å². The van der Waals surface area contributed by atoms with Crippen LogP contribution >= 0.6 is 0 Å². The van der Waals surface area contributed by atoms with Gasteiger partial charge < -0.3 is 10.1 Å². The van der Waals surface area contributed by atoms with Crippen molar-refractivity contribution in [2.75, 3.05) is 7.05 Å². The molecule has 0 bridgehead atoms. The van der Waals surface area contributed by atoms with E-state index in [1.807, 2.05) is 38.2 Å². The van der Waals surface area contributed by atoms with Crippen LogP contribution in [0.15, 0.2) is 42.5 Å². The predicted octanol–water partition coefficient (Wildman–Crippen LogP) is 3.24.